The van der Waals surface area contributed by atoms with Crippen molar-refractivity contribution >= 4 is 11.9 Å². The number of carbonyl (C=O) groups excluding carboxylic acids is 2. The second-order valence-electron chi connectivity index (χ2n) is 6.98. The molecule has 0 saturated carbocycles. The van der Waals surface area contributed by atoms with Crippen molar-refractivity contribution in [1.82, 2.24) is 0 Å². The summed E-state index contributed by atoms with van der Waals surface area (Å²) in [6.07, 6.45) is 9.56. The zero-order valence-electron chi connectivity index (χ0n) is 14.3. The van der Waals surface area contributed by atoms with Crippen molar-refractivity contribution in [2.75, 3.05) is 0 Å². The summed E-state index contributed by atoms with van der Waals surface area (Å²) in [5.41, 5.74) is 3.67. The molecule has 0 unspecified atom stereocenters. The molecule has 1 fully saturated rings. The number of fused-ring (bicyclic) bond motifs is 2. The second-order valence-corrected chi connectivity index (χ2v) is 6.98. The maximum atomic E-state index is 11.9. The van der Waals surface area contributed by atoms with Crippen molar-refractivity contribution < 1.29 is 19.1 Å². The van der Waals surface area contributed by atoms with Crippen LogP contribution in [0.3, 0.4) is 0 Å². The summed E-state index contributed by atoms with van der Waals surface area (Å²) in [4.78, 5) is 23.8. The van der Waals surface area contributed by atoms with Crippen LogP contribution in [0.2, 0.25) is 0 Å². The fourth-order valence-corrected chi connectivity index (χ4v) is 3.57. The quantitative estimate of drug-likeness (QED) is 0.386. The largest absolute Gasteiger partial charge is 0.454 e. The van der Waals surface area contributed by atoms with Gasteiger partial charge in [0.2, 0.25) is 0 Å². The van der Waals surface area contributed by atoms with Crippen molar-refractivity contribution in [2.24, 2.45) is 5.92 Å². The first-order valence-electron chi connectivity index (χ1n) is 8.58. The molecule has 0 aromatic rings. The molecule has 3 rings (SSSR count). The van der Waals surface area contributed by atoms with E-state index in [1.54, 1.807) is 0 Å². The molecule has 0 radical (unpaired) electrons. The van der Waals surface area contributed by atoms with Gasteiger partial charge in [-0.2, -0.15) is 0 Å². The van der Waals surface area contributed by atoms with E-state index in [4.69, 9.17) is 9.47 Å². The lowest BCUT2D eigenvalue weighted by Crippen LogP contribution is -2.16. The highest BCUT2D eigenvalue weighted by molar-refractivity contribution is 5.91. The molecule has 4 heteroatoms. The SMILES string of the molecule is C=C1C(=O)O[C@H]2/C=C(\C)C[C@@H]3C=C(CC/C=C(\C)CC[C@H]12)C(=O)O3. The Labute approximate surface area is 142 Å². The van der Waals surface area contributed by atoms with E-state index in [1.807, 2.05) is 19.1 Å². The topological polar surface area (TPSA) is 52.6 Å². The van der Waals surface area contributed by atoms with Gasteiger partial charge in [0.1, 0.15) is 12.2 Å². The maximum absolute atomic E-state index is 11.9. The predicted octanol–water partition coefficient (Wildman–Crippen LogP) is 3.79. The van der Waals surface area contributed by atoms with E-state index < -0.39 is 0 Å². The number of rotatable bonds is 0. The van der Waals surface area contributed by atoms with Crippen LogP contribution >= 0.6 is 0 Å². The summed E-state index contributed by atoms with van der Waals surface area (Å²) in [5.74, 6) is -0.474. The van der Waals surface area contributed by atoms with E-state index in [9.17, 15) is 9.59 Å². The van der Waals surface area contributed by atoms with Gasteiger partial charge in [-0.3, -0.25) is 0 Å². The Balaban J connectivity index is 1.86. The van der Waals surface area contributed by atoms with Gasteiger partial charge in [-0.25, -0.2) is 9.59 Å². The van der Waals surface area contributed by atoms with Gasteiger partial charge >= 0.3 is 11.9 Å². The molecule has 0 spiro atoms. The van der Waals surface area contributed by atoms with Crippen LogP contribution in [0, 0.1) is 5.92 Å². The van der Waals surface area contributed by atoms with Crippen LogP contribution in [0.15, 0.2) is 47.1 Å². The Bertz CT molecular complexity index is 665. The van der Waals surface area contributed by atoms with Gasteiger partial charge in [0, 0.05) is 23.5 Å². The fourth-order valence-electron chi connectivity index (χ4n) is 3.57. The number of esters is 2. The van der Waals surface area contributed by atoms with Crippen molar-refractivity contribution in [3.8, 4) is 0 Å². The van der Waals surface area contributed by atoms with E-state index in [0.29, 0.717) is 12.0 Å². The van der Waals surface area contributed by atoms with Crippen LogP contribution < -0.4 is 0 Å². The molecule has 0 N–H and O–H groups in total. The van der Waals surface area contributed by atoms with Crippen LogP contribution in [0.4, 0.5) is 0 Å². The summed E-state index contributed by atoms with van der Waals surface area (Å²) < 4.78 is 10.9. The molecule has 1 aliphatic carbocycles. The number of hydrogen-bond donors (Lipinski definition) is 0. The Morgan fingerprint density at radius 1 is 1.04 bits per heavy atom. The van der Waals surface area contributed by atoms with Gasteiger partial charge in [0.05, 0.1) is 0 Å². The number of hydrogen-bond acceptors (Lipinski definition) is 4. The van der Waals surface area contributed by atoms with Gasteiger partial charge in [0.25, 0.3) is 0 Å². The molecule has 0 aromatic carbocycles. The van der Waals surface area contributed by atoms with Crippen molar-refractivity contribution in [1.29, 1.82) is 0 Å². The lowest BCUT2D eigenvalue weighted by molar-refractivity contribution is -0.139. The van der Waals surface area contributed by atoms with Gasteiger partial charge in [-0.05, 0) is 51.7 Å². The average molecular weight is 328 g/mol. The molecule has 0 aromatic heterocycles. The highest BCUT2D eigenvalue weighted by Gasteiger charge is 2.37. The molecule has 3 atom stereocenters. The second kappa shape index (κ2) is 6.80. The lowest BCUT2D eigenvalue weighted by atomic mass is 9.89. The van der Waals surface area contributed by atoms with E-state index in [2.05, 4.69) is 19.6 Å². The third kappa shape index (κ3) is 3.53. The van der Waals surface area contributed by atoms with Gasteiger partial charge in [-0.1, -0.05) is 23.8 Å². The predicted molar refractivity (Wildman–Crippen MR) is 91.1 cm³/mol. The first kappa shape index (κ1) is 16.7. The van der Waals surface area contributed by atoms with Crippen LogP contribution in [0.1, 0.15) is 46.0 Å². The molecular formula is C20H24O4. The maximum Gasteiger partial charge on any atom is 0.334 e. The Kier molecular flexibility index (Phi) is 4.74. The van der Waals surface area contributed by atoms with Gasteiger partial charge in [-0.15, -0.1) is 0 Å². The first-order chi connectivity index (χ1) is 11.4. The molecule has 2 bridgehead atoms. The minimum Gasteiger partial charge on any atom is -0.454 e. The molecule has 4 nitrogen and oxygen atoms in total. The molecule has 128 valence electrons. The Hall–Kier alpha value is -2.10. The van der Waals surface area contributed by atoms with E-state index in [0.717, 1.165) is 36.8 Å². The summed E-state index contributed by atoms with van der Waals surface area (Å²) in [6, 6.07) is 0. The van der Waals surface area contributed by atoms with E-state index >= 15 is 0 Å². The van der Waals surface area contributed by atoms with Crippen LogP contribution in [-0.4, -0.2) is 24.1 Å². The molecule has 1 saturated heterocycles. The summed E-state index contributed by atoms with van der Waals surface area (Å²) in [6.45, 7) is 8.00. The van der Waals surface area contributed by atoms with Crippen molar-refractivity contribution in [3.05, 3.63) is 47.1 Å². The van der Waals surface area contributed by atoms with E-state index in [-0.39, 0.29) is 30.1 Å². The Morgan fingerprint density at radius 2 is 1.83 bits per heavy atom. The Morgan fingerprint density at radius 3 is 2.62 bits per heavy atom. The van der Waals surface area contributed by atoms with Crippen molar-refractivity contribution in [2.45, 2.75) is 58.2 Å². The van der Waals surface area contributed by atoms with Crippen LogP contribution in [0.5, 0.6) is 0 Å². The standard InChI is InChI=1S/C20H24O4/c1-12-5-4-6-15-11-16(23-20(15)22)9-13(2)10-18-17(8-7-12)14(3)19(21)24-18/h5,10-11,16-18H,3-4,6-9H2,1-2H3/b12-5+,13-10+/t16-,17-,18+/m1/s1. The average Bonchev–Trinajstić information content (AvgIpc) is 2.97. The smallest absolute Gasteiger partial charge is 0.334 e. The molecule has 3 aliphatic rings. The molecule has 0 amide bonds. The fraction of sp³-hybridized carbons (Fsp3) is 0.500. The van der Waals surface area contributed by atoms with Crippen LogP contribution in [-0.2, 0) is 19.1 Å². The molecule has 2 heterocycles. The van der Waals surface area contributed by atoms with Gasteiger partial charge in [0.15, 0.2) is 0 Å². The number of allylic oxidation sites excluding steroid dienone is 2. The highest BCUT2D eigenvalue weighted by Crippen LogP contribution is 2.34. The monoisotopic (exact) mass is 328 g/mol. The minimum absolute atomic E-state index is 0.0240. The van der Waals surface area contributed by atoms with Crippen LogP contribution in [0.25, 0.3) is 0 Å². The lowest BCUT2D eigenvalue weighted by Gasteiger charge is -2.16. The number of carbonyl (C=O) groups is 2. The third-order valence-corrected chi connectivity index (χ3v) is 4.99. The van der Waals surface area contributed by atoms with Gasteiger partial charge < -0.3 is 9.47 Å². The third-order valence-electron chi connectivity index (χ3n) is 4.99. The van der Waals surface area contributed by atoms with E-state index in [1.165, 1.54) is 5.57 Å². The molecular weight excluding hydrogens is 304 g/mol. The first-order valence-corrected chi connectivity index (χ1v) is 8.58. The normalized spacial score (nSPS) is 35.7. The zero-order chi connectivity index (χ0) is 17.3. The highest BCUT2D eigenvalue weighted by atomic mass is 16.6. The minimum atomic E-state index is -0.297. The summed E-state index contributed by atoms with van der Waals surface area (Å²) >= 11 is 0. The molecule has 2 aliphatic heterocycles. The zero-order valence-corrected chi connectivity index (χ0v) is 14.3. The molecule has 24 heavy (non-hydrogen) atoms. The number of ether oxygens (including phenoxy) is 2. The summed E-state index contributed by atoms with van der Waals surface area (Å²) in [7, 11) is 0. The van der Waals surface area contributed by atoms with Crippen molar-refractivity contribution in [3.63, 3.8) is 0 Å². The summed E-state index contributed by atoms with van der Waals surface area (Å²) in [5, 5.41) is 0.